The molecule has 36 heavy (non-hydrogen) atoms. The van der Waals surface area contributed by atoms with Crippen molar-refractivity contribution in [2.75, 3.05) is 17.7 Å². The maximum atomic E-state index is 15.3. The number of aromatic nitrogens is 5. The number of nitrogens with zero attached hydrogens (tertiary/aromatic N) is 6. The number of carbonyl (C=O) groups is 1. The average Bonchev–Trinajstić information content (AvgIpc) is 3.43. The fourth-order valence-corrected chi connectivity index (χ4v) is 5.01. The molecule has 0 saturated heterocycles. The first-order valence-corrected chi connectivity index (χ1v) is 11.7. The Morgan fingerprint density at radius 2 is 1.89 bits per heavy atom. The number of halogens is 2. The highest BCUT2D eigenvalue weighted by Crippen LogP contribution is 2.47. The van der Waals surface area contributed by atoms with Gasteiger partial charge in [-0.2, -0.15) is 10.1 Å². The number of methoxy groups -OCH3 is 1. The normalized spacial score (nSPS) is 15.2. The van der Waals surface area contributed by atoms with Crippen LogP contribution in [0.15, 0.2) is 36.5 Å². The fourth-order valence-electron chi connectivity index (χ4n) is 4.89. The molecule has 5 rings (SSSR count). The largest absolute Gasteiger partial charge is 0.480 e. The van der Waals surface area contributed by atoms with E-state index < -0.39 is 11.9 Å². The summed E-state index contributed by atoms with van der Waals surface area (Å²) in [6, 6.07) is 8.25. The Morgan fingerprint density at radius 1 is 1.19 bits per heavy atom. The zero-order valence-corrected chi connectivity index (χ0v) is 21.2. The van der Waals surface area contributed by atoms with E-state index in [4.69, 9.17) is 22.1 Å². The van der Waals surface area contributed by atoms with Crippen LogP contribution in [0.5, 0.6) is 5.88 Å². The molecular formula is C25H25ClFN7O2. The summed E-state index contributed by atoms with van der Waals surface area (Å²) in [6.45, 7) is 5.59. The summed E-state index contributed by atoms with van der Waals surface area (Å²) < 4.78 is 24.2. The van der Waals surface area contributed by atoms with Gasteiger partial charge in [0.2, 0.25) is 11.8 Å². The number of rotatable bonds is 5. The minimum atomic E-state index is -0.633. The van der Waals surface area contributed by atoms with Gasteiger partial charge in [-0.15, -0.1) is 0 Å². The van der Waals surface area contributed by atoms with Crippen LogP contribution in [0.4, 0.5) is 16.2 Å². The molecule has 2 N–H and O–H groups in total. The van der Waals surface area contributed by atoms with Crippen LogP contribution in [0.25, 0.3) is 11.3 Å². The topological polar surface area (TPSA) is 104 Å². The van der Waals surface area contributed by atoms with E-state index in [0.29, 0.717) is 33.4 Å². The molecule has 0 bridgehead atoms. The lowest BCUT2D eigenvalue weighted by Crippen LogP contribution is -2.32. The van der Waals surface area contributed by atoms with Crippen LogP contribution >= 0.6 is 11.6 Å². The molecule has 1 aliphatic rings. The van der Waals surface area contributed by atoms with Crippen LogP contribution in [-0.2, 0) is 7.05 Å². The van der Waals surface area contributed by atoms with Crippen molar-refractivity contribution >= 4 is 29.3 Å². The minimum absolute atomic E-state index is 0.0771. The van der Waals surface area contributed by atoms with Gasteiger partial charge >= 0.3 is 0 Å². The lowest BCUT2D eigenvalue weighted by atomic mass is 10.0. The van der Waals surface area contributed by atoms with E-state index in [1.54, 1.807) is 38.4 Å². The van der Waals surface area contributed by atoms with Crippen molar-refractivity contribution in [3.8, 4) is 17.1 Å². The molecule has 0 spiro atoms. The van der Waals surface area contributed by atoms with Crippen molar-refractivity contribution in [2.45, 2.75) is 32.9 Å². The van der Waals surface area contributed by atoms with Crippen molar-refractivity contribution in [3.05, 3.63) is 69.9 Å². The molecule has 0 radical (unpaired) electrons. The van der Waals surface area contributed by atoms with Gasteiger partial charge in [0.15, 0.2) is 11.6 Å². The van der Waals surface area contributed by atoms with E-state index in [1.165, 1.54) is 16.7 Å². The number of aryl methyl sites for hydroxylation is 2. The van der Waals surface area contributed by atoms with Crippen molar-refractivity contribution < 1.29 is 13.9 Å². The molecule has 1 aromatic carbocycles. The maximum absolute atomic E-state index is 15.3. The zero-order valence-electron chi connectivity index (χ0n) is 20.5. The zero-order chi connectivity index (χ0) is 25.9. The van der Waals surface area contributed by atoms with Crippen LogP contribution in [0.2, 0.25) is 5.02 Å². The number of anilines is 2. The number of fused-ring (bicyclic) bond motifs is 1. The Bertz CT molecular complexity index is 1490. The third kappa shape index (κ3) is 3.51. The Morgan fingerprint density at radius 3 is 2.47 bits per heavy atom. The minimum Gasteiger partial charge on any atom is -0.480 e. The van der Waals surface area contributed by atoms with Gasteiger partial charge in [-0.25, -0.2) is 14.1 Å². The second-order valence-electron chi connectivity index (χ2n) is 8.92. The molecule has 3 aromatic heterocycles. The number of carbonyl (C=O) groups excluding carboxylic acids is 1. The smallest absolute Gasteiger partial charge is 0.262 e. The number of nitrogens with two attached hydrogens (primary N) is 1. The summed E-state index contributed by atoms with van der Waals surface area (Å²) in [5.74, 6) is -0.419. The first kappa shape index (κ1) is 23.8. The third-order valence-corrected chi connectivity index (χ3v) is 6.59. The average molecular weight is 510 g/mol. The molecule has 11 heteroatoms. The fraction of sp³-hybridized carbons (Fsp3) is 0.280. The van der Waals surface area contributed by atoms with Gasteiger partial charge < -0.3 is 15.0 Å². The summed E-state index contributed by atoms with van der Waals surface area (Å²) in [7, 11) is 3.12. The Labute approximate surface area is 212 Å². The van der Waals surface area contributed by atoms with Crippen LogP contribution in [0.3, 0.4) is 0 Å². The SMILES string of the molecule is COc1nc(N)ncc1-c1cc2c(n1C(C)C)C(c1ccc(Cl)cc1)N(c1c(F)c(C)nn1C)C2=O. The molecule has 1 amide bonds. The quantitative estimate of drug-likeness (QED) is 0.418. The number of hydrogen-bond acceptors (Lipinski definition) is 6. The number of benzene rings is 1. The van der Waals surface area contributed by atoms with Crippen LogP contribution in [0.1, 0.15) is 53.2 Å². The molecule has 4 aromatic rings. The van der Waals surface area contributed by atoms with E-state index in [0.717, 1.165) is 5.56 Å². The summed E-state index contributed by atoms with van der Waals surface area (Å²) in [5, 5.41) is 4.76. The van der Waals surface area contributed by atoms with Crippen molar-refractivity contribution in [3.63, 3.8) is 0 Å². The summed E-state index contributed by atoms with van der Waals surface area (Å²) in [4.78, 5) is 23.8. The molecule has 1 unspecified atom stereocenters. The van der Waals surface area contributed by atoms with Crippen LogP contribution < -0.4 is 15.4 Å². The van der Waals surface area contributed by atoms with Gasteiger partial charge in [0.05, 0.1) is 35.3 Å². The molecule has 0 fully saturated rings. The first-order chi connectivity index (χ1) is 17.1. The lowest BCUT2D eigenvalue weighted by Gasteiger charge is -2.29. The number of nitrogen functional groups attached to an aromatic ring is 1. The number of ether oxygens (including phenoxy) is 1. The van der Waals surface area contributed by atoms with E-state index >= 15 is 4.39 Å². The molecule has 9 nitrogen and oxygen atoms in total. The van der Waals surface area contributed by atoms with Crippen molar-refractivity contribution in [2.24, 2.45) is 7.05 Å². The number of hydrogen-bond donors (Lipinski definition) is 1. The van der Waals surface area contributed by atoms with E-state index in [-0.39, 0.29) is 29.4 Å². The molecule has 186 valence electrons. The van der Waals surface area contributed by atoms with Crippen LogP contribution in [-0.4, -0.2) is 37.3 Å². The Balaban J connectivity index is 1.81. The van der Waals surface area contributed by atoms with Crippen molar-refractivity contribution in [1.29, 1.82) is 0 Å². The van der Waals surface area contributed by atoms with E-state index in [9.17, 15) is 4.79 Å². The van der Waals surface area contributed by atoms with E-state index in [2.05, 4.69) is 15.1 Å². The lowest BCUT2D eigenvalue weighted by molar-refractivity contribution is 0.0991. The third-order valence-electron chi connectivity index (χ3n) is 6.34. The van der Waals surface area contributed by atoms with Gasteiger partial charge in [-0.3, -0.25) is 9.69 Å². The highest BCUT2D eigenvalue weighted by Gasteiger charge is 2.45. The highest BCUT2D eigenvalue weighted by atomic mass is 35.5. The summed E-state index contributed by atoms with van der Waals surface area (Å²) >= 11 is 6.17. The molecule has 0 saturated carbocycles. The Hall–Kier alpha value is -3.92. The predicted molar refractivity (Wildman–Crippen MR) is 135 cm³/mol. The van der Waals surface area contributed by atoms with Crippen molar-refractivity contribution in [1.82, 2.24) is 24.3 Å². The van der Waals surface area contributed by atoms with Gasteiger partial charge in [-0.05, 0) is 44.5 Å². The van der Waals surface area contributed by atoms with Gasteiger partial charge in [-0.1, -0.05) is 23.7 Å². The molecular weight excluding hydrogens is 485 g/mol. The van der Waals surface area contributed by atoms with Gasteiger partial charge in [0.1, 0.15) is 6.04 Å². The van der Waals surface area contributed by atoms with Crippen LogP contribution in [0, 0.1) is 12.7 Å². The monoisotopic (exact) mass is 509 g/mol. The highest BCUT2D eigenvalue weighted by molar-refractivity contribution is 6.30. The maximum Gasteiger partial charge on any atom is 0.262 e. The number of amides is 1. The van der Waals surface area contributed by atoms with Gasteiger partial charge in [0, 0.05) is 24.3 Å². The van der Waals surface area contributed by atoms with Gasteiger partial charge in [0.25, 0.3) is 5.91 Å². The molecule has 1 aliphatic heterocycles. The summed E-state index contributed by atoms with van der Waals surface area (Å²) in [6.07, 6.45) is 1.58. The Kier molecular flexibility index (Phi) is 5.71. The molecule has 0 aliphatic carbocycles. The molecule has 4 heterocycles. The standard InChI is InChI=1S/C25H25ClFN7O2/c1-12(2)33-18(17-11-29-25(28)30-22(17)36-5)10-16-21(33)20(14-6-8-15(26)9-7-14)34(24(16)35)23-19(27)13(3)31-32(23)4/h6-12,20H,1-5H3,(H2,28,29,30). The molecule has 1 atom stereocenters. The summed E-state index contributed by atoms with van der Waals surface area (Å²) in [5.41, 5.74) is 9.20. The predicted octanol–water partition coefficient (Wildman–Crippen LogP) is 4.70. The first-order valence-electron chi connectivity index (χ1n) is 11.3. The second-order valence-corrected chi connectivity index (χ2v) is 9.36. The van der Waals surface area contributed by atoms with E-state index in [1.807, 2.05) is 30.5 Å². The second kappa shape index (κ2) is 8.63.